The average molecular weight is 344 g/mol. The number of carbonyl (C=O) groups is 1. The molecule has 1 aromatic rings. The molecule has 0 radical (unpaired) electrons. The number of methoxy groups -OCH3 is 1. The molecule has 3 heteroatoms. The molecule has 0 aliphatic heterocycles. The van der Waals surface area contributed by atoms with Gasteiger partial charge in [-0.2, -0.15) is 0 Å². The van der Waals surface area contributed by atoms with E-state index >= 15 is 0 Å². The van der Waals surface area contributed by atoms with Gasteiger partial charge in [0.25, 0.3) is 0 Å². The molecule has 4 unspecified atom stereocenters. The van der Waals surface area contributed by atoms with E-state index in [2.05, 4.69) is 19.1 Å². The van der Waals surface area contributed by atoms with E-state index in [0.29, 0.717) is 17.6 Å². The highest BCUT2D eigenvalue weighted by Crippen LogP contribution is 2.46. The maximum atomic E-state index is 11.6. The summed E-state index contributed by atoms with van der Waals surface area (Å²) in [6.45, 7) is 3.16. The summed E-state index contributed by atoms with van der Waals surface area (Å²) < 4.78 is 10.9. The van der Waals surface area contributed by atoms with Crippen LogP contribution in [-0.2, 0) is 9.47 Å². The van der Waals surface area contributed by atoms with Gasteiger partial charge < -0.3 is 9.47 Å². The molecule has 0 aromatic heterocycles. The highest BCUT2D eigenvalue weighted by atomic mass is 16.5. The third kappa shape index (κ3) is 4.63. The Balaban J connectivity index is 1.53. The average Bonchev–Trinajstić information content (AvgIpc) is 2.67. The fourth-order valence-corrected chi connectivity index (χ4v) is 4.70. The van der Waals surface area contributed by atoms with Crippen LogP contribution in [-0.4, -0.2) is 25.8 Å². The van der Waals surface area contributed by atoms with Crippen molar-refractivity contribution < 1.29 is 14.3 Å². The lowest BCUT2D eigenvalue weighted by Crippen LogP contribution is -2.33. The quantitative estimate of drug-likeness (QED) is 0.516. The van der Waals surface area contributed by atoms with Crippen molar-refractivity contribution in [3.63, 3.8) is 0 Å². The SMILES string of the molecule is CCCCOC1CCC2CC(c3ccc(C(=O)OC)cc3)CCC2C1. The highest BCUT2D eigenvalue weighted by Gasteiger charge is 2.36. The Labute approximate surface area is 152 Å². The third-order valence-electron chi connectivity index (χ3n) is 6.22. The number of esters is 1. The van der Waals surface area contributed by atoms with Gasteiger partial charge in [-0.05, 0) is 80.4 Å². The Morgan fingerprint density at radius 3 is 2.48 bits per heavy atom. The maximum absolute atomic E-state index is 11.6. The number of ether oxygens (including phenoxy) is 2. The molecule has 4 atom stereocenters. The van der Waals surface area contributed by atoms with Crippen LogP contribution in [0.15, 0.2) is 24.3 Å². The highest BCUT2D eigenvalue weighted by molar-refractivity contribution is 5.89. The van der Waals surface area contributed by atoms with Crippen LogP contribution in [0.2, 0.25) is 0 Å². The number of carbonyl (C=O) groups excluding carboxylic acids is 1. The Kier molecular flexibility index (Phi) is 6.52. The van der Waals surface area contributed by atoms with Gasteiger partial charge in [-0.25, -0.2) is 4.79 Å². The summed E-state index contributed by atoms with van der Waals surface area (Å²) in [7, 11) is 1.43. The molecular weight excluding hydrogens is 312 g/mol. The number of benzene rings is 1. The van der Waals surface area contributed by atoms with Gasteiger partial charge in [-0.15, -0.1) is 0 Å². The van der Waals surface area contributed by atoms with Gasteiger partial charge >= 0.3 is 5.97 Å². The molecule has 0 bridgehead atoms. The van der Waals surface area contributed by atoms with E-state index in [1.165, 1.54) is 64.0 Å². The number of hydrogen-bond donors (Lipinski definition) is 0. The van der Waals surface area contributed by atoms with E-state index in [-0.39, 0.29) is 5.97 Å². The van der Waals surface area contributed by atoms with Gasteiger partial charge in [0.2, 0.25) is 0 Å². The fourth-order valence-electron chi connectivity index (χ4n) is 4.70. The van der Waals surface area contributed by atoms with Gasteiger partial charge in [-0.1, -0.05) is 25.5 Å². The molecule has 2 fully saturated rings. The zero-order valence-corrected chi connectivity index (χ0v) is 15.7. The minimum absolute atomic E-state index is 0.253. The zero-order chi connectivity index (χ0) is 17.6. The van der Waals surface area contributed by atoms with Gasteiger partial charge in [0.05, 0.1) is 18.8 Å². The minimum atomic E-state index is -0.253. The van der Waals surface area contributed by atoms with Crippen molar-refractivity contribution in [3.05, 3.63) is 35.4 Å². The smallest absolute Gasteiger partial charge is 0.337 e. The Morgan fingerprint density at radius 1 is 1.04 bits per heavy atom. The van der Waals surface area contributed by atoms with E-state index in [9.17, 15) is 4.79 Å². The molecule has 2 aliphatic carbocycles. The molecule has 2 saturated carbocycles. The second kappa shape index (κ2) is 8.84. The fraction of sp³-hybridized carbons (Fsp3) is 0.682. The molecule has 3 rings (SSSR count). The Morgan fingerprint density at radius 2 is 1.76 bits per heavy atom. The molecule has 1 aromatic carbocycles. The van der Waals surface area contributed by atoms with Crippen molar-refractivity contribution >= 4 is 5.97 Å². The van der Waals surface area contributed by atoms with Crippen LogP contribution >= 0.6 is 0 Å². The maximum Gasteiger partial charge on any atom is 0.337 e. The molecule has 138 valence electrons. The van der Waals surface area contributed by atoms with Gasteiger partial charge in [0, 0.05) is 6.61 Å². The topological polar surface area (TPSA) is 35.5 Å². The first-order valence-corrected chi connectivity index (χ1v) is 10.0. The van der Waals surface area contributed by atoms with Gasteiger partial charge in [-0.3, -0.25) is 0 Å². The molecule has 0 N–H and O–H groups in total. The lowest BCUT2D eigenvalue weighted by Gasteiger charge is -2.42. The van der Waals surface area contributed by atoms with Crippen LogP contribution in [0, 0.1) is 11.8 Å². The first-order chi connectivity index (χ1) is 12.2. The summed E-state index contributed by atoms with van der Waals surface area (Å²) in [4.78, 5) is 11.6. The first kappa shape index (κ1) is 18.4. The van der Waals surface area contributed by atoms with Crippen LogP contribution in [0.5, 0.6) is 0 Å². The lowest BCUT2D eigenvalue weighted by molar-refractivity contribution is -0.0159. The van der Waals surface area contributed by atoms with Gasteiger partial charge in [0.1, 0.15) is 0 Å². The van der Waals surface area contributed by atoms with E-state index in [1.807, 2.05) is 12.1 Å². The van der Waals surface area contributed by atoms with Crippen LogP contribution in [0.1, 0.15) is 80.1 Å². The molecule has 25 heavy (non-hydrogen) atoms. The molecule has 0 spiro atoms. The predicted octanol–water partition coefficient (Wildman–Crippen LogP) is 5.34. The standard InChI is InChI=1S/C22H32O3/c1-3-4-13-25-21-12-11-19-14-18(9-10-20(19)15-21)16-5-7-17(8-6-16)22(23)24-2/h5-8,18-21H,3-4,9-15H2,1-2H3. The molecule has 0 saturated heterocycles. The second-order valence-electron chi connectivity index (χ2n) is 7.80. The van der Waals surface area contributed by atoms with E-state index in [1.54, 1.807) is 0 Å². The first-order valence-electron chi connectivity index (χ1n) is 10.0. The van der Waals surface area contributed by atoms with Crippen molar-refractivity contribution in [3.8, 4) is 0 Å². The summed E-state index contributed by atoms with van der Waals surface area (Å²) >= 11 is 0. The molecule has 0 heterocycles. The molecule has 0 amide bonds. The normalized spacial score (nSPS) is 29.0. The Hall–Kier alpha value is -1.35. The summed E-state index contributed by atoms with van der Waals surface area (Å²) in [6, 6.07) is 8.06. The number of fused-ring (bicyclic) bond motifs is 1. The van der Waals surface area contributed by atoms with E-state index < -0.39 is 0 Å². The molecular formula is C22H32O3. The summed E-state index contributed by atoms with van der Waals surface area (Å²) in [5.41, 5.74) is 2.03. The second-order valence-corrected chi connectivity index (χ2v) is 7.80. The Bertz CT molecular complexity index is 551. The lowest BCUT2D eigenvalue weighted by atomic mass is 9.65. The largest absolute Gasteiger partial charge is 0.465 e. The molecule has 3 nitrogen and oxygen atoms in total. The van der Waals surface area contributed by atoms with Gasteiger partial charge in [0.15, 0.2) is 0 Å². The number of unbranched alkanes of at least 4 members (excludes halogenated alkanes) is 1. The third-order valence-corrected chi connectivity index (χ3v) is 6.22. The van der Waals surface area contributed by atoms with Crippen LogP contribution in [0.25, 0.3) is 0 Å². The van der Waals surface area contributed by atoms with Crippen LogP contribution < -0.4 is 0 Å². The van der Waals surface area contributed by atoms with Crippen molar-refractivity contribution in [1.82, 2.24) is 0 Å². The summed E-state index contributed by atoms with van der Waals surface area (Å²) in [5.74, 6) is 2.10. The monoisotopic (exact) mass is 344 g/mol. The minimum Gasteiger partial charge on any atom is -0.465 e. The van der Waals surface area contributed by atoms with E-state index in [0.717, 1.165) is 18.4 Å². The van der Waals surface area contributed by atoms with Crippen LogP contribution in [0.3, 0.4) is 0 Å². The van der Waals surface area contributed by atoms with E-state index in [4.69, 9.17) is 9.47 Å². The van der Waals surface area contributed by atoms with Crippen molar-refractivity contribution in [1.29, 1.82) is 0 Å². The predicted molar refractivity (Wildman–Crippen MR) is 99.9 cm³/mol. The van der Waals surface area contributed by atoms with Crippen molar-refractivity contribution in [2.24, 2.45) is 11.8 Å². The van der Waals surface area contributed by atoms with Crippen molar-refractivity contribution in [2.75, 3.05) is 13.7 Å². The zero-order valence-electron chi connectivity index (χ0n) is 15.7. The molecule has 2 aliphatic rings. The summed E-state index contributed by atoms with van der Waals surface area (Å²) in [6.07, 6.45) is 10.6. The van der Waals surface area contributed by atoms with Crippen LogP contribution in [0.4, 0.5) is 0 Å². The van der Waals surface area contributed by atoms with Crippen molar-refractivity contribution in [2.45, 2.75) is 70.3 Å². The summed E-state index contributed by atoms with van der Waals surface area (Å²) in [5, 5.41) is 0. The number of rotatable bonds is 6. The number of hydrogen-bond acceptors (Lipinski definition) is 3.